The average Bonchev–Trinajstić information content (AvgIpc) is 2.87. The number of rotatable bonds is 10. The van der Waals surface area contributed by atoms with E-state index in [0.717, 1.165) is 41.7 Å². The Morgan fingerprint density at radius 1 is 1.24 bits per heavy atom. The Morgan fingerprint density at radius 3 is 2.82 bits per heavy atom. The number of carboxylic acid groups (broad SMARTS) is 1. The minimum atomic E-state index is -0.745. The van der Waals surface area contributed by atoms with Crippen LogP contribution in [0.15, 0.2) is 59.9 Å². The number of aliphatic hydroxyl groups is 1. The van der Waals surface area contributed by atoms with Crippen molar-refractivity contribution in [2.45, 2.75) is 30.3 Å². The van der Waals surface area contributed by atoms with Gasteiger partial charge in [-0.1, -0.05) is 0 Å². The first-order valence-corrected chi connectivity index (χ1v) is 12.6. The SMILES string of the molecule is COc1ccc2nccc(C(O)CC[C@@H]3CCN(CCSc4ccncc4)C[C@@H]3C(=O)O)c2c1. The van der Waals surface area contributed by atoms with Crippen molar-refractivity contribution in [2.75, 3.05) is 32.5 Å². The van der Waals surface area contributed by atoms with Gasteiger partial charge in [-0.2, -0.15) is 0 Å². The van der Waals surface area contributed by atoms with E-state index in [4.69, 9.17) is 4.74 Å². The number of ether oxygens (including phenoxy) is 1. The van der Waals surface area contributed by atoms with Crippen LogP contribution in [-0.4, -0.2) is 63.5 Å². The molecule has 4 rings (SSSR count). The summed E-state index contributed by atoms with van der Waals surface area (Å²) in [6.45, 7) is 2.30. The van der Waals surface area contributed by atoms with Gasteiger partial charge in [-0.15, -0.1) is 11.8 Å². The number of pyridine rings is 2. The van der Waals surface area contributed by atoms with Gasteiger partial charge in [-0.25, -0.2) is 0 Å². The van der Waals surface area contributed by atoms with E-state index >= 15 is 0 Å². The maximum Gasteiger partial charge on any atom is 0.308 e. The van der Waals surface area contributed by atoms with Crippen LogP contribution in [0.2, 0.25) is 0 Å². The molecule has 34 heavy (non-hydrogen) atoms. The molecule has 0 aliphatic carbocycles. The second-order valence-electron chi connectivity index (χ2n) is 8.70. The minimum absolute atomic E-state index is 0.0545. The number of fused-ring (bicyclic) bond motifs is 1. The molecule has 0 spiro atoms. The largest absolute Gasteiger partial charge is 0.497 e. The number of piperidine rings is 1. The highest BCUT2D eigenvalue weighted by molar-refractivity contribution is 7.99. The van der Waals surface area contributed by atoms with Gasteiger partial charge in [-0.3, -0.25) is 14.8 Å². The molecule has 1 aromatic carbocycles. The van der Waals surface area contributed by atoms with Crippen molar-refractivity contribution in [1.82, 2.24) is 14.9 Å². The lowest BCUT2D eigenvalue weighted by Gasteiger charge is -2.37. The molecular formula is C26H31N3O4S. The lowest BCUT2D eigenvalue weighted by molar-refractivity contribution is -0.146. The molecule has 2 aromatic heterocycles. The molecule has 3 heterocycles. The molecule has 0 amide bonds. The van der Waals surface area contributed by atoms with Gasteiger partial charge >= 0.3 is 5.97 Å². The van der Waals surface area contributed by atoms with Gasteiger partial charge in [0.15, 0.2) is 0 Å². The van der Waals surface area contributed by atoms with E-state index in [0.29, 0.717) is 25.1 Å². The number of hydrogen-bond donors (Lipinski definition) is 2. The van der Waals surface area contributed by atoms with Gasteiger partial charge in [0.25, 0.3) is 0 Å². The number of carboxylic acids is 1. The molecule has 1 aliphatic rings. The van der Waals surface area contributed by atoms with Crippen LogP contribution in [0.1, 0.15) is 30.9 Å². The molecule has 0 radical (unpaired) electrons. The van der Waals surface area contributed by atoms with Crippen molar-refractivity contribution in [3.8, 4) is 5.75 Å². The summed E-state index contributed by atoms with van der Waals surface area (Å²) in [5.41, 5.74) is 1.61. The van der Waals surface area contributed by atoms with E-state index in [1.54, 1.807) is 37.5 Å². The Morgan fingerprint density at radius 2 is 2.06 bits per heavy atom. The maximum atomic E-state index is 12.0. The number of carbonyl (C=O) groups is 1. The van der Waals surface area contributed by atoms with Crippen molar-refractivity contribution >= 4 is 28.6 Å². The first-order valence-electron chi connectivity index (χ1n) is 11.6. The average molecular weight is 482 g/mol. The second kappa shape index (κ2) is 11.6. The topological polar surface area (TPSA) is 95.8 Å². The van der Waals surface area contributed by atoms with Crippen LogP contribution in [-0.2, 0) is 4.79 Å². The third kappa shape index (κ3) is 6.05. The Labute approximate surface area is 204 Å². The number of methoxy groups -OCH3 is 1. The Hall–Kier alpha value is -2.68. The lowest BCUT2D eigenvalue weighted by atomic mass is 9.81. The minimum Gasteiger partial charge on any atom is -0.497 e. The predicted molar refractivity (Wildman–Crippen MR) is 133 cm³/mol. The number of hydrogen-bond acceptors (Lipinski definition) is 7. The molecule has 1 unspecified atom stereocenters. The van der Waals surface area contributed by atoms with Crippen molar-refractivity contribution < 1.29 is 19.7 Å². The number of aromatic nitrogens is 2. The fourth-order valence-corrected chi connectivity index (χ4v) is 5.61. The van der Waals surface area contributed by atoms with Crippen LogP contribution >= 0.6 is 11.8 Å². The zero-order valence-electron chi connectivity index (χ0n) is 19.3. The highest BCUT2D eigenvalue weighted by Crippen LogP contribution is 2.34. The summed E-state index contributed by atoms with van der Waals surface area (Å²) in [5.74, 6) is 0.526. The highest BCUT2D eigenvalue weighted by Gasteiger charge is 2.34. The van der Waals surface area contributed by atoms with Crippen LogP contribution < -0.4 is 4.74 Å². The number of likely N-dealkylation sites (tertiary alicyclic amines) is 1. The van der Waals surface area contributed by atoms with Crippen molar-refractivity contribution in [3.05, 3.63) is 60.6 Å². The van der Waals surface area contributed by atoms with Crippen LogP contribution in [0.4, 0.5) is 0 Å². The molecule has 1 aliphatic heterocycles. The van der Waals surface area contributed by atoms with E-state index in [2.05, 4.69) is 14.9 Å². The number of benzene rings is 1. The predicted octanol–water partition coefficient (Wildman–Crippen LogP) is 4.27. The summed E-state index contributed by atoms with van der Waals surface area (Å²) < 4.78 is 5.33. The number of nitrogens with zero attached hydrogens (tertiary/aromatic N) is 3. The summed E-state index contributed by atoms with van der Waals surface area (Å²) in [4.78, 5) is 23.9. The van der Waals surface area contributed by atoms with Crippen LogP contribution in [0.25, 0.3) is 10.9 Å². The quantitative estimate of drug-likeness (QED) is 0.415. The molecule has 7 nitrogen and oxygen atoms in total. The number of aliphatic hydroxyl groups excluding tert-OH is 1. The molecule has 1 saturated heterocycles. The summed E-state index contributed by atoms with van der Waals surface area (Å²) in [6.07, 6.45) is 6.61. The maximum absolute atomic E-state index is 12.0. The van der Waals surface area contributed by atoms with Crippen LogP contribution in [0, 0.1) is 11.8 Å². The summed E-state index contributed by atoms with van der Waals surface area (Å²) >= 11 is 1.76. The Balaban J connectivity index is 1.34. The lowest BCUT2D eigenvalue weighted by Crippen LogP contribution is -2.44. The number of aliphatic carboxylic acids is 1. The summed E-state index contributed by atoms with van der Waals surface area (Å²) in [6, 6.07) is 11.4. The number of thioether (sulfide) groups is 1. The van der Waals surface area contributed by atoms with Gasteiger partial charge in [0.2, 0.25) is 0 Å². The molecule has 180 valence electrons. The van der Waals surface area contributed by atoms with Crippen molar-refractivity contribution in [1.29, 1.82) is 0 Å². The fraction of sp³-hybridized carbons (Fsp3) is 0.423. The third-order valence-corrected chi connectivity index (χ3v) is 7.63. The first-order chi connectivity index (χ1) is 16.5. The molecule has 2 N–H and O–H groups in total. The van der Waals surface area contributed by atoms with E-state index in [9.17, 15) is 15.0 Å². The van der Waals surface area contributed by atoms with Crippen LogP contribution in [0.3, 0.4) is 0 Å². The van der Waals surface area contributed by atoms with Crippen molar-refractivity contribution in [3.63, 3.8) is 0 Å². The molecule has 1 fully saturated rings. The molecule has 0 saturated carbocycles. The second-order valence-corrected chi connectivity index (χ2v) is 9.87. The van der Waals surface area contributed by atoms with Gasteiger partial charge in [0.05, 0.1) is 24.6 Å². The Bertz CT molecular complexity index is 1100. The van der Waals surface area contributed by atoms with E-state index < -0.39 is 18.0 Å². The summed E-state index contributed by atoms with van der Waals surface area (Å²) in [7, 11) is 1.61. The van der Waals surface area contributed by atoms with Gasteiger partial charge in [-0.05, 0) is 73.7 Å². The van der Waals surface area contributed by atoms with E-state index in [-0.39, 0.29) is 5.92 Å². The standard InChI is InChI=1S/C26H31N3O4S/c1-33-19-3-4-24-22(16-19)21(8-12-28-24)25(30)5-2-18-9-13-29(17-23(18)26(31)32)14-15-34-20-6-10-27-11-7-20/h3-4,6-8,10-12,16,18,23,25,30H,2,5,9,13-15,17H2,1H3,(H,31,32)/t18-,23+,25?/m1/s1. The molecule has 3 atom stereocenters. The van der Waals surface area contributed by atoms with E-state index in [1.165, 1.54) is 4.90 Å². The van der Waals surface area contributed by atoms with Gasteiger partial charge in [0, 0.05) is 47.7 Å². The molecule has 3 aromatic rings. The van der Waals surface area contributed by atoms with Gasteiger partial charge < -0.3 is 19.8 Å². The smallest absolute Gasteiger partial charge is 0.308 e. The molecular weight excluding hydrogens is 450 g/mol. The third-order valence-electron chi connectivity index (χ3n) is 6.64. The molecule has 0 bridgehead atoms. The van der Waals surface area contributed by atoms with Crippen LogP contribution in [0.5, 0.6) is 5.75 Å². The highest BCUT2D eigenvalue weighted by atomic mass is 32.2. The summed E-state index contributed by atoms with van der Waals surface area (Å²) in [5, 5.41) is 21.7. The fourth-order valence-electron chi connectivity index (χ4n) is 4.72. The first kappa shape index (κ1) is 24.4. The van der Waals surface area contributed by atoms with Gasteiger partial charge in [0.1, 0.15) is 5.75 Å². The zero-order chi connectivity index (χ0) is 23.9. The monoisotopic (exact) mass is 481 g/mol. The normalized spacial score (nSPS) is 19.7. The van der Waals surface area contributed by atoms with E-state index in [1.807, 2.05) is 36.4 Å². The Kier molecular flexibility index (Phi) is 8.37. The molecule has 8 heteroatoms. The van der Waals surface area contributed by atoms with Crippen molar-refractivity contribution in [2.24, 2.45) is 11.8 Å². The zero-order valence-corrected chi connectivity index (χ0v) is 20.2.